The monoisotopic (exact) mass is 297 g/mol. The summed E-state index contributed by atoms with van der Waals surface area (Å²) in [6.45, 7) is 3.02. The zero-order valence-electron chi connectivity index (χ0n) is 11.7. The molecule has 21 heavy (non-hydrogen) atoms. The minimum absolute atomic E-state index is 0.863. The molecule has 0 N–H and O–H groups in total. The van der Waals surface area contributed by atoms with Gasteiger partial charge >= 0.3 is 0 Å². The SMILES string of the molecule is CCCn1c(Sc2ccccn2)nnc1-c1ccncc1. The van der Waals surface area contributed by atoms with Gasteiger partial charge in [0.25, 0.3) is 0 Å². The second-order valence-electron chi connectivity index (χ2n) is 4.46. The summed E-state index contributed by atoms with van der Waals surface area (Å²) in [6.07, 6.45) is 6.34. The molecule has 0 spiro atoms. The largest absolute Gasteiger partial charge is 0.302 e. The van der Waals surface area contributed by atoms with E-state index in [1.54, 1.807) is 18.6 Å². The Hall–Kier alpha value is -2.21. The van der Waals surface area contributed by atoms with Gasteiger partial charge in [-0.2, -0.15) is 0 Å². The van der Waals surface area contributed by atoms with E-state index in [9.17, 15) is 0 Å². The molecule has 0 saturated heterocycles. The van der Waals surface area contributed by atoms with Crippen molar-refractivity contribution in [1.82, 2.24) is 24.7 Å². The molecule has 0 radical (unpaired) electrons. The molecule has 5 nitrogen and oxygen atoms in total. The van der Waals surface area contributed by atoms with Gasteiger partial charge in [-0.05, 0) is 42.4 Å². The molecule has 0 amide bonds. The first-order valence-electron chi connectivity index (χ1n) is 6.81. The summed E-state index contributed by atoms with van der Waals surface area (Å²) < 4.78 is 2.13. The van der Waals surface area contributed by atoms with Crippen LogP contribution in [0, 0.1) is 0 Å². The Morgan fingerprint density at radius 3 is 2.62 bits per heavy atom. The van der Waals surface area contributed by atoms with Gasteiger partial charge in [-0.3, -0.25) is 4.98 Å². The second kappa shape index (κ2) is 6.49. The molecule has 3 rings (SSSR count). The number of aromatic nitrogens is 5. The Morgan fingerprint density at radius 2 is 1.90 bits per heavy atom. The van der Waals surface area contributed by atoms with Gasteiger partial charge < -0.3 is 4.57 Å². The fourth-order valence-electron chi connectivity index (χ4n) is 2.00. The standard InChI is InChI=1S/C15H15N5S/c1-2-11-20-14(12-6-9-16-10-7-12)18-19-15(20)21-13-5-3-4-8-17-13/h3-10H,2,11H2,1H3. The van der Waals surface area contributed by atoms with Gasteiger partial charge in [0.2, 0.25) is 0 Å². The van der Waals surface area contributed by atoms with Crippen LogP contribution in [0.1, 0.15) is 13.3 Å². The van der Waals surface area contributed by atoms with E-state index in [0.717, 1.165) is 34.5 Å². The highest BCUT2D eigenvalue weighted by Crippen LogP contribution is 2.28. The smallest absolute Gasteiger partial charge is 0.197 e. The summed E-state index contributed by atoms with van der Waals surface area (Å²) in [4.78, 5) is 8.38. The molecule has 0 saturated carbocycles. The molecule has 0 unspecified atom stereocenters. The van der Waals surface area contributed by atoms with Crippen molar-refractivity contribution in [2.24, 2.45) is 0 Å². The second-order valence-corrected chi connectivity index (χ2v) is 5.45. The third-order valence-electron chi connectivity index (χ3n) is 2.94. The average molecular weight is 297 g/mol. The van der Waals surface area contributed by atoms with E-state index in [-0.39, 0.29) is 0 Å². The van der Waals surface area contributed by atoms with Crippen LogP contribution in [-0.4, -0.2) is 24.7 Å². The molecule has 106 valence electrons. The Labute approximate surface area is 127 Å². The van der Waals surface area contributed by atoms with Gasteiger partial charge in [-0.25, -0.2) is 4.98 Å². The van der Waals surface area contributed by atoms with Crippen molar-refractivity contribution in [3.8, 4) is 11.4 Å². The average Bonchev–Trinajstić information content (AvgIpc) is 2.92. The lowest BCUT2D eigenvalue weighted by atomic mass is 10.2. The summed E-state index contributed by atoms with van der Waals surface area (Å²) in [6, 6.07) is 9.75. The molecular weight excluding hydrogens is 282 g/mol. The quantitative estimate of drug-likeness (QED) is 0.723. The molecule has 0 aromatic carbocycles. The highest BCUT2D eigenvalue weighted by molar-refractivity contribution is 7.99. The van der Waals surface area contributed by atoms with E-state index in [1.807, 2.05) is 30.3 Å². The van der Waals surface area contributed by atoms with Crippen molar-refractivity contribution in [3.63, 3.8) is 0 Å². The lowest BCUT2D eigenvalue weighted by molar-refractivity contribution is 0.626. The Morgan fingerprint density at radius 1 is 1.05 bits per heavy atom. The van der Waals surface area contributed by atoms with Crippen LogP contribution in [0.25, 0.3) is 11.4 Å². The molecule has 0 aliphatic carbocycles. The highest BCUT2D eigenvalue weighted by atomic mass is 32.2. The molecule has 6 heteroatoms. The van der Waals surface area contributed by atoms with E-state index in [4.69, 9.17) is 0 Å². The van der Waals surface area contributed by atoms with E-state index in [2.05, 4.69) is 31.7 Å². The van der Waals surface area contributed by atoms with Crippen molar-refractivity contribution < 1.29 is 0 Å². The summed E-state index contributed by atoms with van der Waals surface area (Å²) in [5.74, 6) is 0.873. The predicted octanol–water partition coefficient (Wildman–Crippen LogP) is 3.30. The zero-order valence-corrected chi connectivity index (χ0v) is 12.5. The molecular formula is C15H15N5S. The van der Waals surface area contributed by atoms with Gasteiger partial charge in [0, 0.05) is 30.7 Å². The molecule has 3 aromatic heterocycles. The minimum Gasteiger partial charge on any atom is -0.302 e. The number of hydrogen-bond donors (Lipinski definition) is 0. The molecule has 0 aliphatic heterocycles. The Kier molecular flexibility index (Phi) is 4.25. The number of rotatable bonds is 5. The number of hydrogen-bond acceptors (Lipinski definition) is 5. The first kappa shape index (κ1) is 13.8. The molecule has 0 atom stereocenters. The van der Waals surface area contributed by atoms with Gasteiger partial charge in [-0.1, -0.05) is 13.0 Å². The van der Waals surface area contributed by atoms with Crippen molar-refractivity contribution in [3.05, 3.63) is 48.9 Å². The molecule has 3 heterocycles. The van der Waals surface area contributed by atoms with Crippen molar-refractivity contribution in [2.75, 3.05) is 0 Å². The fraction of sp³-hybridized carbons (Fsp3) is 0.200. The van der Waals surface area contributed by atoms with Gasteiger partial charge in [0.05, 0.1) is 0 Å². The summed E-state index contributed by atoms with van der Waals surface area (Å²) >= 11 is 1.53. The Bertz CT molecular complexity index is 697. The van der Waals surface area contributed by atoms with Crippen LogP contribution in [-0.2, 0) is 6.54 Å². The lowest BCUT2D eigenvalue weighted by Gasteiger charge is -2.08. The van der Waals surface area contributed by atoms with Crippen LogP contribution in [0.4, 0.5) is 0 Å². The van der Waals surface area contributed by atoms with Gasteiger partial charge in [0.1, 0.15) is 5.03 Å². The van der Waals surface area contributed by atoms with Gasteiger partial charge in [-0.15, -0.1) is 10.2 Å². The topological polar surface area (TPSA) is 56.5 Å². The van der Waals surface area contributed by atoms with E-state index < -0.39 is 0 Å². The van der Waals surface area contributed by atoms with Crippen LogP contribution < -0.4 is 0 Å². The van der Waals surface area contributed by atoms with E-state index >= 15 is 0 Å². The molecule has 0 bridgehead atoms. The van der Waals surface area contributed by atoms with Crippen molar-refractivity contribution >= 4 is 11.8 Å². The third kappa shape index (κ3) is 3.11. The predicted molar refractivity (Wildman–Crippen MR) is 81.9 cm³/mol. The van der Waals surface area contributed by atoms with Crippen molar-refractivity contribution in [2.45, 2.75) is 30.1 Å². The van der Waals surface area contributed by atoms with Crippen LogP contribution in [0.15, 0.2) is 59.1 Å². The highest BCUT2D eigenvalue weighted by Gasteiger charge is 2.14. The van der Waals surface area contributed by atoms with Crippen LogP contribution >= 0.6 is 11.8 Å². The number of pyridine rings is 2. The van der Waals surface area contributed by atoms with Crippen LogP contribution in [0.5, 0.6) is 0 Å². The maximum Gasteiger partial charge on any atom is 0.197 e. The van der Waals surface area contributed by atoms with Crippen LogP contribution in [0.2, 0.25) is 0 Å². The van der Waals surface area contributed by atoms with E-state index in [1.165, 1.54) is 11.8 Å². The molecule has 0 fully saturated rings. The Balaban J connectivity index is 1.96. The summed E-state index contributed by atoms with van der Waals surface area (Å²) in [5.41, 5.74) is 1.03. The fourth-order valence-corrected chi connectivity index (χ4v) is 2.82. The maximum absolute atomic E-state index is 4.34. The maximum atomic E-state index is 4.34. The zero-order chi connectivity index (χ0) is 14.5. The van der Waals surface area contributed by atoms with Crippen LogP contribution in [0.3, 0.4) is 0 Å². The minimum atomic E-state index is 0.863. The third-order valence-corrected chi connectivity index (χ3v) is 3.87. The summed E-state index contributed by atoms with van der Waals surface area (Å²) in [7, 11) is 0. The number of nitrogens with zero attached hydrogens (tertiary/aromatic N) is 5. The first-order valence-corrected chi connectivity index (χ1v) is 7.62. The van der Waals surface area contributed by atoms with Crippen molar-refractivity contribution in [1.29, 1.82) is 0 Å². The van der Waals surface area contributed by atoms with Gasteiger partial charge in [0.15, 0.2) is 11.0 Å². The van der Waals surface area contributed by atoms with E-state index in [0.29, 0.717) is 0 Å². The molecule has 3 aromatic rings. The lowest BCUT2D eigenvalue weighted by Crippen LogP contribution is -2.01. The molecule has 0 aliphatic rings. The first-order chi connectivity index (χ1) is 10.4. The summed E-state index contributed by atoms with van der Waals surface area (Å²) in [5, 5.41) is 10.4. The normalized spacial score (nSPS) is 10.7.